The number of amides is 1. The smallest absolute Gasteiger partial charge is 0.250 e. The van der Waals surface area contributed by atoms with E-state index in [-0.39, 0.29) is 23.9 Å². The maximum Gasteiger partial charge on any atom is 0.250 e. The molecule has 1 aliphatic rings. The fourth-order valence-electron chi connectivity index (χ4n) is 3.31. The van der Waals surface area contributed by atoms with Crippen LogP contribution < -0.4 is 10.6 Å². The fourth-order valence-corrected chi connectivity index (χ4v) is 3.69. The van der Waals surface area contributed by atoms with Crippen molar-refractivity contribution in [3.8, 4) is 0 Å². The summed E-state index contributed by atoms with van der Waals surface area (Å²) in [7, 11) is 0. The first-order valence-corrected chi connectivity index (χ1v) is 9.27. The van der Waals surface area contributed by atoms with Gasteiger partial charge in [-0.1, -0.05) is 53.5 Å². The van der Waals surface area contributed by atoms with Gasteiger partial charge in [-0.05, 0) is 35.7 Å². The Morgan fingerprint density at radius 1 is 1.19 bits per heavy atom. The summed E-state index contributed by atoms with van der Waals surface area (Å²) in [5.41, 5.74) is 2.05. The Bertz CT molecular complexity index is 986. The fraction of sp³-hybridized carbons (Fsp3) is 0.211. The Morgan fingerprint density at radius 3 is 2.63 bits per heavy atom. The maximum absolute atomic E-state index is 11.4. The zero-order valence-corrected chi connectivity index (χ0v) is 16.0. The van der Waals surface area contributed by atoms with Gasteiger partial charge in [-0.15, -0.1) is 5.10 Å². The van der Waals surface area contributed by atoms with Crippen molar-refractivity contribution in [2.45, 2.75) is 25.4 Å². The summed E-state index contributed by atoms with van der Waals surface area (Å²) < 4.78 is 1.78. The number of hydrogen-bond acceptors (Lipinski definition) is 4. The summed E-state index contributed by atoms with van der Waals surface area (Å²) in [5, 5.41) is 11.9. The predicted octanol–water partition coefficient (Wildman–Crippen LogP) is 4.69. The lowest BCUT2D eigenvalue weighted by molar-refractivity contribution is -0.114. The SMILES string of the molecule is CC(=O)Nc1nc2n(n1)[C@H](c1ccccc1Cl)C[C@@H](c1ccc(Cl)cc1)N2. The highest BCUT2D eigenvalue weighted by molar-refractivity contribution is 6.31. The van der Waals surface area contributed by atoms with E-state index in [2.05, 4.69) is 20.7 Å². The molecule has 0 radical (unpaired) electrons. The quantitative estimate of drug-likeness (QED) is 0.667. The first kappa shape index (κ1) is 17.8. The van der Waals surface area contributed by atoms with Crippen molar-refractivity contribution >= 4 is 41.0 Å². The molecule has 1 amide bonds. The highest BCUT2D eigenvalue weighted by Crippen LogP contribution is 2.40. The van der Waals surface area contributed by atoms with Gasteiger partial charge in [0, 0.05) is 17.0 Å². The molecule has 0 spiro atoms. The summed E-state index contributed by atoms with van der Waals surface area (Å²) in [6, 6.07) is 15.3. The zero-order valence-electron chi connectivity index (χ0n) is 14.5. The summed E-state index contributed by atoms with van der Waals surface area (Å²) in [6.07, 6.45) is 0.723. The van der Waals surface area contributed by atoms with E-state index < -0.39 is 0 Å². The van der Waals surface area contributed by atoms with E-state index in [1.807, 2.05) is 48.5 Å². The molecule has 0 saturated heterocycles. The second-order valence-electron chi connectivity index (χ2n) is 6.41. The molecule has 0 fully saturated rings. The average molecular weight is 402 g/mol. The van der Waals surface area contributed by atoms with Crippen molar-refractivity contribution in [3.63, 3.8) is 0 Å². The third-order valence-corrected chi connectivity index (χ3v) is 5.11. The molecular formula is C19H17Cl2N5O. The Labute approximate surface area is 166 Å². The van der Waals surface area contributed by atoms with Gasteiger partial charge in [0.1, 0.15) is 0 Å². The van der Waals surface area contributed by atoms with Crippen LogP contribution in [0.1, 0.15) is 36.6 Å². The van der Waals surface area contributed by atoms with Crippen LogP contribution in [0.4, 0.5) is 11.9 Å². The molecule has 6 nitrogen and oxygen atoms in total. The Morgan fingerprint density at radius 2 is 1.93 bits per heavy atom. The van der Waals surface area contributed by atoms with E-state index in [4.69, 9.17) is 23.2 Å². The minimum atomic E-state index is -0.221. The second-order valence-corrected chi connectivity index (χ2v) is 7.25. The highest BCUT2D eigenvalue weighted by Gasteiger charge is 2.32. The number of nitrogens with one attached hydrogen (secondary N) is 2. The topological polar surface area (TPSA) is 71.8 Å². The van der Waals surface area contributed by atoms with Gasteiger partial charge in [-0.25, -0.2) is 4.68 Å². The van der Waals surface area contributed by atoms with Crippen LogP contribution in [0, 0.1) is 0 Å². The van der Waals surface area contributed by atoms with Gasteiger partial charge in [-0.3, -0.25) is 10.1 Å². The lowest BCUT2D eigenvalue weighted by Crippen LogP contribution is -2.28. The van der Waals surface area contributed by atoms with Crippen LogP contribution in [0.3, 0.4) is 0 Å². The number of carbonyl (C=O) groups is 1. The summed E-state index contributed by atoms with van der Waals surface area (Å²) >= 11 is 12.5. The normalized spacial score (nSPS) is 18.5. The van der Waals surface area contributed by atoms with Gasteiger partial charge in [0.15, 0.2) is 0 Å². The summed E-state index contributed by atoms with van der Waals surface area (Å²) in [6.45, 7) is 1.43. The molecule has 0 aliphatic carbocycles. The van der Waals surface area contributed by atoms with Crippen molar-refractivity contribution in [3.05, 3.63) is 69.7 Å². The lowest BCUT2D eigenvalue weighted by Gasteiger charge is -2.32. The predicted molar refractivity (Wildman–Crippen MR) is 106 cm³/mol. The number of nitrogens with zero attached hydrogens (tertiary/aromatic N) is 3. The number of rotatable bonds is 3. The van der Waals surface area contributed by atoms with Gasteiger partial charge in [0.25, 0.3) is 5.95 Å². The van der Waals surface area contributed by atoms with Crippen LogP contribution >= 0.6 is 23.2 Å². The van der Waals surface area contributed by atoms with Crippen molar-refractivity contribution in [1.29, 1.82) is 0 Å². The molecular weight excluding hydrogens is 385 g/mol. The number of fused-ring (bicyclic) bond motifs is 1. The van der Waals surface area contributed by atoms with Gasteiger partial charge >= 0.3 is 0 Å². The van der Waals surface area contributed by atoms with Crippen molar-refractivity contribution in [2.24, 2.45) is 0 Å². The molecule has 27 heavy (non-hydrogen) atoms. The van der Waals surface area contributed by atoms with Crippen molar-refractivity contribution in [1.82, 2.24) is 14.8 Å². The van der Waals surface area contributed by atoms with E-state index in [9.17, 15) is 4.79 Å². The third kappa shape index (κ3) is 3.63. The Hall–Kier alpha value is -2.57. The lowest BCUT2D eigenvalue weighted by atomic mass is 9.93. The van der Waals surface area contributed by atoms with Gasteiger partial charge in [0.05, 0.1) is 12.1 Å². The molecule has 0 saturated carbocycles. The molecule has 1 aliphatic heterocycles. The Kier molecular flexibility index (Phi) is 4.76. The van der Waals surface area contributed by atoms with E-state index >= 15 is 0 Å². The largest absolute Gasteiger partial charge is 0.347 e. The van der Waals surface area contributed by atoms with E-state index in [1.165, 1.54) is 6.92 Å². The minimum Gasteiger partial charge on any atom is -0.347 e. The second kappa shape index (κ2) is 7.21. The molecule has 4 rings (SSSR count). The number of carbonyl (C=O) groups excluding carboxylic acids is 1. The minimum absolute atomic E-state index is 0.00502. The first-order chi connectivity index (χ1) is 13.0. The van der Waals surface area contributed by atoms with Gasteiger partial charge in [0.2, 0.25) is 11.9 Å². The van der Waals surface area contributed by atoms with Crippen LogP contribution in [0.5, 0.6) is 0 Å². The van der Waals surface area contributed by atoms with Crippen LogP contribution in [0.2, 0.25) is 10.0 Å². The first-order valence-electron chi connectivity index (χ1n) is 8.52. The molecule has 0 unspecified atom stereocenters. The number of halogens is 2. The zero-order chi connectivity index (χ0) is 19.0. The number of hydrogen-bond donors (Lipinski definition) is 2. The number of benzene rings is 2. The van der Waals surface area contributed by atoms with Gasteiger partial charge in [-0.2, -0.15) is 4.98 Å². The maximum atomic E-state index is 11.4. The molecule has 0 bridgehead atoms. The average Bonchev–Trinajstić information content (AvgIpc) is 3.03. The number of aromatic nitrogens is 3. The van der Waals surface area contributed by atoms with Crippen molar-refractivity contribution in [2.75, 3.05) is 10.6 Å². The Balaban J connectivity index is 1.77. The van der Waals surface area contributed by atoms with Crippen LogP contribution in [0.15, 0.2) is 48.5 Å². The molecule has 1 aromatic heterocycles. The molecule has 2 aromatic carbocycles. The summed E-state index contributed by atoms with van der Waals surface area (Å²) in [5.74, 6) is 0.621. The standard InChI is InChI=1S/C19H17Cl2N5O/c1-11(27)22-18-24-19-23-16(12-6-8-13(20)9-7-12)10-17(26(19)25-18)14-4-2-3-5-15(14)21/h2-9,16-17H,10H2,1H3,(H2,22,23,24,25,27)/t16-,17-/m0/s1. The summed E-state index contributed by atoms with van der Waals surface area (Å²) in [4.78, 5) is 15.8. The monoisotopic (exact) mass is 401 g/mol. The molecule has 8 heteroatoms. The molecule has 2 heterocycles. The van der Waals surface area contributed by atoms with E-state index in [0.717, 1.165) is 17.5 Å². The molecule has 138 valence electrons. The number of anilines is 2. The van der Waals surface area contributed by atoms with E-state index in [1.54, 1.807) is 4.68 Å². The van der Waals surface area contributed by atoms with Crippen LogP contribution in [-0.2, 0) is 4.79 Å². The van der Waals surface area contributed by atoms with Crippen LogP contribution in [-0.4, -0.2) is 20.7 Å². The molecule has 2 atom stereocenters. The van der Waals surface area contributed by atoms with Crippen LogP contribution in [0.25, 0.3) is 0 Å². The van der Waals surface area contributed by atoms with E-state index in [0.29, 0.717) is 16.0 Å². The molecule has 3 aromatic rings. The molecule has 2 N–H and O–H groups in total. The third-order valence-electron chi connectivity index (χ3n) is 4.51. The highest BCUT2D eigenvalue weighted by atomic mass is 35.5. The van der Waals surface area contributed by atoms with Crippen molar-refractivity contribution < 1.29 is 4.79 Å². The van der Waals surface area contributed by atoms with Gasteiger partial charge < -0.3 is 5.32 Å².